The summed E-state index contributed by atoms with van der Waals surface area (Å²) in [5.41, 5.74) is 5.72. The van der Waals surface area contributed by atoms with Crippen molar-refractivity contribution in [1.82, 2.24) is 9.80 Å². The van der Waals surface area contributed by atoms with Gasteiger partial charge in [-0.3, -0.25) is 9.69 Å². The lowest BCUT2D eigenvalue weighted by Crippen LogP contribution is -2.53. The molecule has 5 heteroatoms. The lowest BCUT2D eigenvalue weighted by Gasteiger charge is -2.42. The summed E-state index contributed by atoms with van der Waals surface area (Å²) in [7, 11) is 0. The summed E-state index contributed by atoms with van der Waals surface area (Å²) in [5.74, 6) is 0.327. The first-order valence-electron chi connectivity index (χ1n) is 8.38. The van der Waals surface area contributed by atoms with E-state index in [9.17, 15) is 4.79 Å². The van der Waals surface area contributed by atoms with Gasteiger partial charge in [0.1, 0.15) is 0 Å². The molecule has 21 heavy (non-hydrogen) atoms. The molecule has 0 radical (unpaired) electrons. The predicted octanol–water partition coefficient (Wildman–Crippen LogP) is 2.40. The Labute approximate surface area is 135 Å². The van der Waals surface area contributed by atoms with Crippen LogP contribution in [0.4, 0.5) is 0 Å². The van der Waals surface area contributed by atoms with E-state index in [0.717, 1.165) is 32.4 Å². The number of nitrogens with zero attached hydrogens (tertiary/aromatic N) is 2. The van der Waals surface area contributed by atoms with Gasteiger partial charge in [-0.15, -0.1) is 12.4 Å². The third-order valence-electron chi connectivity index (χ3n) is 5.07. The molecule has 4 nitrogen and oxygen atoms in total. The SMILES string of the molecule is CC1CCCC(C)N1C(=O)CN1CCCCC1CCN.Cl. The summed E-state index contributed by atoms with van der Waals surface area (Å²) in [4.78, 5) is 17.2. The van der Waals surface area contributed by atoms with E-state index in [2.05, 4.69) is 23.6 Å². The Morgan fingerprint density at radius 2 is 1.76 bits per heavy atom. The minimum absolute atomic E-state index is 0. The molecule has 0 aromatic rings. The second-order valence-electron chi connectivity index (χ2n) is 6.63. The maximum Gasteiger partial charge on any atom is 0.237 e. The molecule has 0 aromatic heterocycles. The van der Waals surface area contributed by atoms with Gasteiger partial charge in [0.05, 0.1) is 6.54 Å². The molecule has 2 fully saturated rings. The minimum atomic E-state index is 0. The van der Waals surface area contributed by atoms with Crippen LogP contribution in [0.1, 0.15) is 58.8 Å². The molecule has 0 bridgehead atoms. The van der Waals surface area contributed by atoms with E-state index in [1.54, 1.807) is 0 Å². The maximum absolute atomic E-state index is 12.7. The largest absolute Gasteiger partial charge is 0.336 e. The van der Waals surface area contributed by atoms with Crippen molar-refractivity contribution < 1.29 is 4.79 Å². The first kappa shape index (κ1) is 18.7. The minimum Gasteiger partial charge on any atom is -0.336 e. The van der Waals surface area contributed by atoms with Crippen molar-refractivity contribution in [3.63, 3.8) is 0 Å². The second-order valence-corrected chi connectivity index (χ2v) is 6.63. The van der Waals surface area contributed by atoms with Crippen molar-refractivity contribution in [2.75, 3.05) is 19.6 Å². The van der Waals surface area contributed by atoms with Crippen LogP contribution < -0.4 is 5.73 Å². The highest BCUT2D eigenvalue weighted by molar-refractivity contribution is 5.85. The first-order chi connectivity index (χ1) is 9.63. The Morgan fingerprint density at radius 3 is 2.38 bits per heavy atom. The maximum atomic E-state index is 12.7. The molecule has 2 aliphatic heterocycles. The second kappa shape index (κ2) is 8.96. The zero-order valence-corrected chi connectivity index (χ0v) is 14.4. The van der Waals surface area contributed by atoms with Gasteiger partial charge in [0.25, 0.3) is 0 Å². The van der Waals surface area contributed by atoms with Crippen molar-refractivity contribution in [3.8, 4) is 0 Å². The fourth-order valence-electron chi connectivity index (χ4n) is 3.96. The Morgan fingerprint density at radius 1 is 1.10 bits per heavy atom. The molecule has 2 rings (SSSR count). The summed E-state index contributed by atoms with van der Waals surface area (Å²) < 4.78 is 0. The number of halogens is 1. The van der Waals surface area contributed by atoms with Gasteiger partial charge in [-0.25, -0.2) is 0 Å². The first-order valence-corrected chi connectivity index (χ1v) is 8.38. The highest BCUT2D eigenvalue weighted by Crippen LogP contribution is 2.24. The van der Waals surface area contributed by atoms with Crippen molar-refractivity contribution >= 4 is 18.3 Å². The number of rotatable bonds is 4. The van der Waals surface area contributed by atoms with Gasteiger partial charge in [0.15, 0.2) is 0 Å². The predicted molar refractivity (Wildman–Crippen MR) is 89.8 cm³/mol. The average molecular weight is 318 g/mol. The molecular weight excluding hydrogens is 286 g/mol. The van der Waals surface area contributed by atoms with Crippen LogP contribution in [0.25, 0.3) is 0 Å². The summed E-state index contributed by atoms with van der Waals surface area (Å²) in [6, 6.07) is 1.33. The van der Waals surface area contributed by atoms with Crippen molar-refractivity contribution in [2.24, 2.45) is 5.73 Å². The van der Waals surface area contributed by atoms with E-state index < -0.39 is 0 Å². The summed E-state index contributed by atoms with van der Waals surface area (Å²) in [6.07, 6.45) is 8.30. The fraction of sp³-hybridized carbons (Fsp3) is 0.938. The van der Waals surface area contributed by atoms with Crippen LogP contribution in [0.5, 0.6) is 0 Å². The van der Waals surface area contributed by atoms with E-state index in [0.29, 0.717) is 30.6 Å². The Hall–Kier alpha value is -0.320. The quantitative estimate of drug-likeness (QED) is 0.866. The Kier molecular flexibility index (Phi) is 7.99. The van der Waals surface area contributed by atoms with Crippen molar-refractivity contribution in [3.05, 3.63) is 0 Å². The normalized spacial score (nSPS) is 30.8. The van der Waals surface area contributed by atoms with Crippen molar-refractivity contribution in [2.45, 2.75) is 76.9 Å². The van der Waals surface area contributed by atoms with Gasteiger partial charge in [-0.1, -0.05) is 6.42 Å². The van der Waals surface area contributed by atoms with Gasteiger partial charge >= 0.3 is 0 Å². The topological polar surface area (TPSA) is 49.6 Å². The molecule has 3 unspecified atom stereocenters. The molecular formula is C16H32ClN3O. The van der Waals surface area contributed by atoms with Gasteiger partial charge in [0, 0.05) is 18.1 Å². The highest BCUT2D eigenvalue weighted by atomic mass is 35.5. The van der Waals surface area contributed by atoms with Crippen LogP contribution in [-0.4, -0.2) is 53.5 Å². The molecule has 0 aliphatic carbocycles. The van der Waals surface area contributed by atoms with Gasteiger partial charge < -0.3 is 10.6 Å². The number of piperidine rings is 2. The molecule has 0 aromatic carbocycles. The summed E-state index contributed by atoms with van der Waals surface area (Å²) in [6.45, 7) is 6.78. The Balaban J connectivity index is 0.00000220. The molecule has 2 N–H and O–H groups in total. The van der Waals surface area contributed by atoms with Crippen LogP contribution in [0.2, 0.25) is 0 Å². The number of hydrogen-bond acceptors (Lipinski definition) is 3. The zero-order chi connectivity index (χ0) is 14.5. The number of carbonyl (C=O) groups excluding carboxylic acids is 1. The molecule has 1 amide bonds. The zero-order valence-electron chi connectivity index (χ0n) is 13.6. The highest BCUT2D eigenvalue weighted by Gasteiger charge is 2.31. The standard InChI is InChI=1S/C16H31N3O.ClH/c1-13-6-5-7-14(2)19(13)16(20)12-18-11-4-3-8-15(18)9-10-17;/h13-15H,3-12,17H2,1-2H3;1H. The van der Waals surface area contributed by atoms with Crippen LogP contribution in [0.3, 0.4) is 0 Å². The van der Waals surface area contributed by atoms with Crippen LogP contribution in [-0.2, 0) is 4.79 Å². The fourth-order valence-corrected chi connectivity index (χ4v) is 3.96. The Bertz CT molecular complexity index is 315. The third kappa shape index (κ3) is 4.83. The van der Waals surface area contributed by atoms with E-state index in [1.165, 1.54) is 25.7 Å². The molecule has 2 heterocycles. The molecule has 0 saturated carbocycles. The number of amides is 1. The molecule has 124 valence electrons. The third-order valence-corrected chi connectivity index (χ3v) is 5.07. The van der Waals surface area contributed by atoms with Crippen LogP contribution in [0, 0.1) is 0 Å². The molecule has 2 aliphatic rings. The smallest absolute Gasteiger partial charge is 0.237 e. The van der Waals surface area contributed by atoms with Crippen LogP contribution in [0.15, 0.2) is 0 Å². The van der Waals surface area contributed by atoms with Gasteiger partial charge in [-0.2, -0.15) is 0 Å². The molecule has 3 atom stereocenters. The summed E-state index contributed by atoms with van der Waals surface area (Å²) in [5, 5.41) is 0. The van der Waals surface area contributed by atoms with E-state index in [-0.39, 0.29) is 12.4 Å². The van der Waals surface area contributed by atoms with Gasteiger partial charge in [0.2, 0.25) is 5.91 Å². The van der Waals surface area contributed by atoms with E-state index in [1.807, 2.05) is 0 Å². The van der Waals surface area contributed by atoms with Gasteiger partial charge in [-0.05, 0) is 65.5 Å². The molecule has 0 spiro atoms. The van der Waals surface area contributed by atoms with E-state index >= 15 is 0 Å². The summed E-state index contributed by atoms with van der Waals surface area (Å²) >= 11 is 0. The lowest BCUT2D eigenvalue weighted by molar-refractivity contribution is -0.139. The number of likely N-dealkylation sites (tertiary alicyclic amines) is 2. The van der Waals surface area contributed by atoms with Crippen molar-refractivity contribution in [1.29, 1.82) is 0 Å². The number of nitrogens with two attached hydrogens (primary N) is 1. The monoisotopic (exact) mass is 317 g/mol. The lowest BCUT2D eigenvalue weighted by atomic mass is 9.96. The number of carbonyl (C=O) groups is 1. The average Bonchev–Trinajstić information content (AvgIpc) is 2.41. The molecule has 2 saturated heterocycles. The van der Waals surface area contributed by atoms with E-state index in [4.69, 9.17) is 5.73 Å². The van der Waals surface area contributed by atoms with Crippen LogP contribution >= 0.6 is 12.4 Å². The number of hydrogen-bond donors (Lipinski definition) is 1.